The van der Waals surface area contributed by atoms with E-state index in [9.17, 15) is 5.11 Å². The normalized spacial score (nSPS) is 12.8. The maximum atomic E-state index is 10.5. The first-order chi connectivity index (χ1) is 8.77. The van der Waals surface area contributed by atoms with Crippen LogP contribution in [0.15, 0.2) is 60.8 Å². The quantitative estimate of drug-likeness (QED) is 0.727. The highest BCUT2D eigenvalue weighted by Crippen LogP contribution is 2.29. The van der Waals surface area contributed by atoms with E-state index in [1.54, 1.807) is 0 Å². The van der Waals surface area contributed by atoms with Crippen molar-refractivity contribution in [3.63, 3.8) is 0 Å². The van der Waals surface area contributed by atoms with Gasteiger partial charge in [0, 0.05) is 24.1 Å². The Kier molecular flexibility index (Phi) is 2.65. The maximum absolute atomic E-state index is 10.5. The topological polar surface area (TPSA) is 25.2 Å². The van der Waals surface area contributed by atoms with Crippen LogP contribution in [0.5, 0.6) is 0 Å². The summed E-state index contributed by atoms with van der Waals surface area (Å²) in [5.41, 5.74) is 3.02. The molecule has 1 unspecified atom stereocenters. The van der Waals surface area contributed by atoms with Crippen LogP contribution < -0.4 is 0 Å². The van der Waals surface area contributed by atoms with E-state index in [-0.39, 0.29) is 0 Å². The van der Waals surface area contributed by atoms with Crippen molar-refractivity contribution in [2.75, 3.05) is 0 Å². The van der Waals surface area contributed by atoms with E-state index in [1.807, 2.05) is 55.7 Å². The summed E-state index contributed by atoms with van der Waals surface area (Å²) in [5, 5.41) is 11.6. The number of fused-ring (bicyclic) bond motifs is 1. The van der Waals surface area contributed by atoms with Gasteiger partial charge in [-0.05, 0) is 23.3 Å². The summed E-state index contributed by atoms with van der Waals surface area (Å²) in [6.45, 7) is 0. The molecule has 1 heterocycles. The maximum Gasteiger partial charge on any atom is 0.105 e. The lowest BCUT2D eigenvalue weighted by molar-refractivity contribution is 0.222. The fraction of sp³-hybridized carbons (Fsp3) is 0.125. The number of aromatic nitrogens is 1. The van der Waals surface area contributed by atoms with Gasteiger partial charge in [0.1, 0.15) is 6.10 Å². The molecule has 0 saturated carbocycles. The van der Waals surface area contributed by atoms with E-state index < -0.39 is 6.10 Å². The largest absolute Gasteiger partial charge is 0.384 e. The van der Waals surface area contributed by atoms with Gasteiger partial charge < -0.3 is 9.67 Å². The summed E-state index contributed by atoms with van der Waals surface area (Å²) in [4.78, 5) is 0. The van der Waals surface area contributed by atoms with Gasteiger partial charge in [0.25, 0.3) is 0 Å². The van der Waals surface area contributed by atoms with Crippen molar-refractivity contribution < 1.29 is 5.11 Å². The lowest BCUT2D eigenvalue weighted by atomic mass is 9.98. The molecule has 18 heavy (non-hydrogen) atoms. The number of aryl methyl sites for hydroxylation is 1. The molecule has 2 nitrogen and oxygen atoms in total. The van der Waals surface area contributed by atoms with Gasteiger partial charge in [-0.25, -0.2) is 0 Å². The molecular weight excluding hydrogens is 222 g/mol. The molecule has 0 spiro atoms. The lowest BCUT2D eigenvalue weighted by Gasteiger charge is -2.12. The first kappa shape index (κ1) is 11.1. The second-order valence-corrected chi connectivity index (χ2v) is 4.52. The van der Waals surface area contributed by atoms with Crippen molar-refractivity contribution in [3.05, 3.63) is 71.9 Å². The van der Waals surface area contributed by atoms with Gasteiger partial charge in [0.15, 0.2) is 0 Å². The molecular formula is C16H15NO. The molecule has 0 saturated heterocycles. The second-order valence-electron chi connectivity index (χ2n) is 4.52. The van der Waals surface area contributed by atoms with Crippen LogP contribution in [0.2, 0.25) is 0 Å². The van der Waals surface area contributed by atoms with E-state index in [2.05, 4.69) is 16.7 Å². The van der Waals surface area contributed by atoms with Crippen LogP contribution in [0.25, 0.3) is 10.9 Å². The zero-order chi connectivity index (χ0) is 12.5. The average molecular weight is 237 g/mol. The zero-order valence-corrected chi connectivity index (χ0v) is 10.2. The highest BCUT2D eigenvalue weighted by Gasteiger charge is 2.13. The standard InChI is InChI=1S/C16H15NO/c1-17-11-10-13-14(8-5-9-15(13)17)16(18)12-6-3-2-4-7-12/h2-11,16,18H,1H3. The number of benzene rings is 2. The minimum Gasteiger partial charge on any atom is -0.384 e. The molecule has 3 rings (SSSR count). The Labute approximate surface area is 106 Å². The molecule has 1 aromatic heterocycles. The van der Waals surface area contributed by atoms with E-state index in [4.69, 9.17) is 0 Å². The van der Waals surface area contributed by atoms with Gasteiger partial charge in [0.2, 0.25) is 0 Å². The van der Waals surface area contributed by atoms with Gasteiger partial charge in [-0.2, -0.15) is 0 Å². The molecule has 0 fully saturated rings. The fourth-order valence-corrected chi connectivity index (χ4v) is 2.38. The fourth-order valence-electron chi connectivity index (χ4n) is 2.38. The highest BCUT2D eigenvalue weighted by molar-refractivity contribution is 5.84. The number of hydrogen-bond donors (Lipinski definition) is 1. The third-order valence-corrected chi connectivity index (χ3v) is 3.37. The van der Waals surface area contributed by atoms with E-state index in [1.165, 1.54) is 0 Å². The summed E-state index contributed by atoms with van der Waals surface area (Å²) in [5.74, 6) is 0. The lowest BCUT2D eigenvalue weighted by Crippen LogP contribution is -1.99. The van der Waals surface area contributed by atoms with Crippen molar-refractivity contribution in [2.24, 2.45) is 7.05 Å². The molecule has 2 heteroatoms. The first-order valence-corrected chi connectivity index (χ1v) is 6.04. The van der Waals surface area contributed by atoms with Crippen LogP contribution >= 0.6 is 0 Å². The van der Waals surface area contributed by atoms with Crippen molar-refractivity contribution in [3.8, 4) is 0 Å². The third kappa shape index (κ3) is 1.71. The van der Waals surface area contributed by atoms with Gasteiger partial charge in [0.05, 0.1) is 0 Å². The van der Waals surface area contributed by atoms with E-state index in [0.29, 0.717) is 0 Å². The van der Waals surface area contributed by atoms with Gasteiger partial charge in [-0.3, -0.25) is 0 Å². The van der Waals surface area contributed by atoms with Crippen LogP contribution in [0.3, 0.4) is 0 Å². The average Bonchev–Trinajstić information content (AvgIpc) is 2.81. The monoisotopic (exact) mass is 237 g/mol. The molecule has 3 aromatic rings. The minimum absolute atomic E-state index is 0.572. The molecule has 0 bridgehead atoms. The molecule has 1 N–H and O–H groups in total. The molecule has 0 amide bonds. The predicted octanol–water partition coefficient (Wildman–Crippen LogP) is 3.26. The highest BCUT2D eigenvalue weighted by atomic mass is 16.3. The Morgan fingerprint density at radius 3 is 2.50 bits per heavy atom. The van der Waals surface area contributed by atoms with Crippen molar-refractivity contribution in [1.82, 2.24) is 4.57 Å². The molecule has 0 aliphatic rings. The summed E-state index contributed by atoms with van der Waals surface area (Å²) in [6.07, 6.45) is 1.45. The number of rotatable bonds is 2. The number of aliphatic hydroxyl groups excluding tert-OH is 1. The summed E-state index contributed by atoms with van der Waals surface area (Å²) in [7, 11) is 2.01. The third-order valence-electron chi connectivity index (χ3n) is 3.37. The van der Waals surface area contributed by atoms with Crippen LogP contribution in [-0.2, 0) is 7.05 Å². The number of hydrogen-bond acceptors (Lipinski definition) is 1. The summed E-state index contributed by atoms with van der Waals surface area (Å²) in [6, 6.07) is 17.8. The first-order valence-electron chi connectivity index (χ1n) is 6.04. The van der Waals surface area contributed by atoms with E-state index >= 15 is 0 Å². The Morgan fingerprint density at radius 1 is 0.944 bits per heavy atom. The molecule has 1 atom stereocenters. The van der Waals surface area contributed by atoms with Gasteiger partial charge in [-0.15, -0.1) is 0 Å². The Morgan fingerprint density at radius 2 is 1.72 bits per heavy atom. The molecule has 90 valence electrons. The van der Waals surface area contributed by atoms with Crippen LogP contribution in [-0.4, -0.2) is 9.67 Å². The molecule has 2 aromatic carbocycles. The molecule has 0 radical (unpaired) electrons. The minimum atomic E-state index is -0.572. The van der Waals surface area contributed by atoms with Crippen molar-refractivity contribution >= 4 is 10.9 Å². The van der Waals surface area contributed by atoms with Gasteiger partial charge in [-0.1, -0.05) is 42.5 Å². The SMILES string of the molecule is Cn1ccc2c(C(O)c3ccccc3)cccc21. The zero-order valence-electron chi connectivity index (χ0n) is 10.2. The molecule has 0 aliphatic heterocycles. The van der Waals surface area contributed by atoms with Crippen LogP contribution in [0.1, 0.15) is 17.2 Å². The number of nitrogens with zero attached hydrogens (tertiary/aromatic N) is 1. The Hall–Kier alpha value is -2.06. The number of aliphatic hydroxyl groups is 1. The second kappa shape index (κ2) is 4.31. The van der Waals surface area contributed by atoms with Crippen LogP contribution in [0.4, 0.5) is 0 Å². The predicted molar refractivity (Wildman–Crippen MR) is 73.4 cm³/mol. The van der Waals surface area contributed by atoms with Crippen LogP contribution in [0, 0.1) is 0 Å². The van der Waals surface area contributed by atoms with E-state index in [0.717, 1.165) is 22.0 Å². The van der Waals surface area contributed by atoms with Crippen molar-refractivity contribution in [2.45, 2.75) is 6.10 Å². The van der Waals surface area contributed by atoms with Crippen molar-refractivity contribution in [1.29, 1.82) is 0 Å². The Balaban J connectivity index is 2.15. The summed E-state index contributed by atoms with van der Waals surface area (Å²) >= 11 is 0. The van der Waals surface area contributed by atoms with Gasteiger partial charge >= 0.3 is 0 Å². The summed E-state index contributed by atoms with van der Waals surface area (Å²) < 4.78 is 2.07. The Bertz CT molecular complexity index is 670. The molecule has 0 aliphatic carbocycles. The smallest absolute Gasteiger partial charge is 0.105 e.